The van der Waals surface area contributed by atoms with Gasteiger partial charge in [-0.2, -0.15) is 0 Å². The number of rotatable bonds is 3. The second kappa shape index (κ2) is 4.87. The summed E-state index contributed by atoms with van der Waals surface area (Å²) in [6.45, 7) is 0. The van der Waals surface area contributed by atoms with Crippen molar-refractivity contribution in [2.75, 3.05) is 4.31 Å². The highest BCUT2D eigenvalue weighted by Crippen LogP contribution is 2.23. The van der Waals surface area contributed by atoms with E-state index in [1.807, 2.05) is 6.07 Å². The number of hydrogen-bond acceptors (Lipinski definition) is 2. The molecule has 82 valence electrons. The molecule has 0 saturated carbocycles. The molecular weight excluding hydrogens is 224 g/mol. The Labute approximate surface area is 96.0 Å². The number of benzene rings is 1. The molecule has 0 aliphatic rings. The highest BCUT2D eigenvalue weighted by atomic mass is 32.2. The van der Waals surface area contributed by atoms with Crippen molar-refractivity contribution in [2.45, 2.75) is 0 Å². The molecule has 0 fully saturated rings. The number of nitrogens with zero attached hydrogens (tertiary/aromatic N) is 2. The molecule has 1 unspecified atom stereocenters. The molecular formula is C11H10N2O2S. The average molecular weight is 234 g/mol. The first-order chi connectivity index (χ1) is 7.79. The number of pyridine rings is 1. The summed E-state index contributed by atoms with van der Waals surface area (Å²) in [5.41, 5.74) is 0.627. The minimum atomic E-state index is -2.13. The molecule has 1 N–H and O–H groups in total. The number of para-hydroxylation sites is 1. The third kappa shape index (κ3) is 2.26. The third-order valence-electron chi connectivity index (χ3n) is 2.00. The summed E-state index contributed by atoms with van der Waals surface area (Å²) >= 11 is -2.13. The Hall–Kier alpha value is -1.72. The van der Waals surface area contributed by atoms with Crippen molar-refractivity contribution in [2.24, 2.45) is 0 Å². The first-order valence-electron chi connectivity index (χ1n) is 4.66. The molecule has 1 atom stereocenters. The minimum Gasteiger partial charge on any atom is -0.289 e. The predicted octanol–water partition coefficient (Wildman–Crippen LogP) is 2.36. The van der Waals surface area contributed by atoms with Gasteiger partial charge in [-0.1, -0.05) is 24.3 Å². The quantitative estimate of drug-likeness (QED) is 0.829. The largest absolute Gasteiger partial charge is 0.289 e. The van der Waals surface area contributed by atoms with Crippen molar-refractivity contribution in [3.05, 3.63) is 54.7 Å². The lowest BCUT2D eigenvalue weighted by molar-refractivity contribution is 0.564. The minimum absolute atomic E-state index is 0.439. The van der Waals surface area contributed by atoms with Crippen LogP contribution in [-0.4, -0.2) is 13.7 Å². The molecule has 0 aliphatic carbocycles. The molecule has 1 aromatic heterocycles. The van der Waals surface area contributed by atoms with Crippen molar-refractivity contribution in [3.63, 3.8) is 0 Å². The van der Waals surface area contributed by atoms with Gasteiger partial charge in [0.2, 0.25) is 0 Å². The van der Waals surface area contributed by atoms with E-state index in [9.17, 15) is 8.76 Å². The fourth-order valence-corrected chi connectivity index (χ4v) is 1.91. The maximum Gasteiger partial charge on any atom is 0.267 e. The Morgan fingerprint density at radius 1 is 1.06 bits per heavy atom. The van der Waals surface area contributed by atoms with Gasteiger partial charge in [-0.25, -0.2) is 13.5 Å². The Kier molecular flexibility index (Phi) is 3.28. The van der Waals surface area contributed by atoms with Gasteiger partial charge < -0.3 is 0 Å². The summed E-state index contributed by atoms with van der Waals surface area (Å²) in [5.74, 6) is 0.439. The third-order valence-corrected chi connectivity index (χ3v) is 2.71. The predicted molar refractivity (Wildman–Crippen MR) is 63.6 cm³/mol. The van der Waals surface area contributed by atoms with Gasteiger partial charge >= 0.3 is 0 Å². The van der Waals surface area contributed by atoms with E-state index < -0.39 is 11.3 Å². The molecule has 0 aliphatic heterocycles. The van der Waals surface area contributed by atoms with E-state index in [2.05, 4.69) is 4.98 Å². The topological polar surface area (TPSA) is 53.4 Å². The fourth-order valence-electron chi connectivity index (χ4n) is 1.34. The van der Waals surface area contributed by atoms with Gasteiger partial charge in [0.05, 0.1) is 5.69 Å². The van der Waals surface area contributed by atoms with Gasteiger partial charge in [0.1, 0.15) is 5.82 Å². The van der Waals surface area contributed by atoms with Gasteiger partial charge in [-0.15, -0.1) is 0 Å². The maximum atomic E-state index is 11.3. The van der Waals surface area contributed by atoms with E-state index in [1.165, 1.54) is 4.31 Å². The highest BCUT2D eigenvalue weighted by molar-refractivity contribution is 7.81. The monoisotopic (exact) mass is 234 g/mol. The van der Waals surface area contributed by atoms with Crippen LogP contribution in [0.3, 0.4) is 0 Å². The Morgan fingerprint density at radius 2 is 1.75 bits per heavy atom. The Morgan fingerprint density at radius 3 is 2.31 bits per heavy atom. The molecule has 16 heavy (non-hydrogen) atoms. The first kappa shape index (κ1) is 10.8. The van der Waals surface area contributed by atoms with E-state index in [4.69, 9.17) is 0 Å². The van der Waals surface area contributed by atoms with Crippen LogP contribution in [-0.2, 0) is 11.3 Å². The summed E-state index contributed by atoms with van der Waals surface area (Å²) in [7, 11) is 0. The fraction of sp³-hybridized carbons (Fsp3) is 0. The second-order valence-corrected chi connectivity index (χ2v) is 3.88. The van der Waals surface area contributed by atoms with Crippen molar-refractivity contribution in [3.8, 4) is 0 Å². The second-order valence-electron chi connectivity index (χ2n) is 3.05. The molecule has 0 radical (unpaired) electrons. The number of aromatic nitrogens is 1. The van der Waals surface area contributed by atoms with Crippen molar-refractivity contribution in [1.29, 1.82) is 0 Å². The van der Waals surface area contributed by atoms with Gasteiger partial charge in [-0.05, 0) is 24.3 Å². The van der Waals surface area contributed by atoms with E-state index in [-0.39, 0.29) is 0 Å². The summed E-state index contributed by atoms with van der Waals surface area (Å²) in [6.07, 6.45) is 1.58. The van der Waals surface area contributed by atoms with Crippen LogP contribution in [0.5, 0.6) is 0 Å². The van der Waals surface area contributed by atoms with Crippen LogP contribution in [0.1, 0.15) is 0 Å². The molecule has 2 rings (SSSR count). The number of anilines is 2. The molecule has 1 heterocycles. The molecule has 5 heteroatoms. The summed E-state index contributed by atoms with van der Waals surface area (Å²) < 4.78 is 21.8. The smallest absolute Gasteiger partial charge is 0.267 e. The molecule has 0 bridgehead atoms. The number of hydrogen-bond donors (Lipinski definition) is 1. The van der Waals surface area contributed by atoms with Crippen molar-refractivity contribution >= 4 is 22.8 Å². The molecule has 4 nitrogen and oxygen atoms in total. The van der Waals surface area contributed by atoms with Crippen LogP contribution in [0.2, 0.25) is 0 Å². The van der Waals surface area contributed by atoms with Crippen LogP contribution >= 0.6 is 0 Å². The SMILES string of the molecule is O=S(O)N(c1ccccc1)c1ccccn1. The normalized spacial score (nSPS) is 12.1. The van der Waals surface area contributed by atoms with Crippen LogP contribution in [0, 0.1) is 0 Å². The summed E-state index contributed by atoms with van der Waals surface area (Å²) in [5, 5.41) is 0. The van der Waals surface area contributed by atoms with Crippen molar-refractivity contribution < 1.29 is 8.76 Å². The zero-order chi connectivity index (χ0) is 11.4. The van der Waals surface area contributed by atoms with Gasteiger partial charge in [0.15, 0.2) is 0 Å². The van der Waals surface area contributed by atoms with Crippen LogP contribution < -0.4 is 4.31 Å². The summed E-state index contributed by atoms with van der Waals surface area (Å²) in [4.78, 5) is 4.05. The first-order valence-corrected chi connectivity index (χ1v) is 5.72. The average Bonchev–Trinajstić information content (AvgIpc) is 2.31. The molecule has 0 saturated heterocycles. The standard InChI is InChI=1S/C11H10N2O2S/c14-16(15)13(10-6-2-1-3-7-10)11-8-4-5-9-12-11/h1-9H,(H,14,15). The lowest BCUT2D eigenvalue weighted by Gasteiger charge is -2.18. The van der Waals surface area contributed by atoms with Crippen LogP contribution in [0.25, 0.3) is 0 Å². The molecule has 2 aromatic rings. The van der Waals surface area contributed by atoms with Gasteiger partial charge in [0.25, 0.3) is 11.3 Å². The summed E-state index contributed by atoms with van der Waals surface area (Å²) in [6, 6.07) is 14.2. The van der Waals surface area contributed by atoms with Gasteiger partial charge in [0, 0.05) is 6.20 Å². The Bertz CT molecular complexity index is 436. The molecule has 0 amide bonds. The molecule has 0 spiro atoms. The van der Waals surface area contributed by atoms with Crippen molar-refractivity contribution in [1.82, 2.24) is 4.98 Å². The van der Waals surface area contributed by atoms with E-state index >= 15 is 0 Å². The van der Waals surface area contributed by atoms with E-state index in [0.717, 1.165) is 0 Å². The maximum absolute atomic E-state index is 11.3. The lowest BCUT2D eigenvalue weighted by atomic mass is 10.3. The Balaban J connectivity index is 2.44. The van der Waals surface area contributed by atoms with E-state index in [0.29, 0.717) is 11.5 Å². The van der Waals surface area contributed by atoms with E-state index in [1.54, 1.807) is 48.7 Å². The van der Waals surface area contributed by atoms with Crippen LogP contribution in [0.4, 0.5) is 11.5 Å². The zero-order valence-electron chi connectivity index (χ0n) is 8.35. The highest BCUT2D eigenvalue weighted by Gasteiger charge is 2.14. The van der Waals surface area contributed by atoms with Crippen LogP contribution in [0.15, 0.2) is 54.7 Å². The lowest BCUT2D eigenvalue weighted by Crippen LogP contribution is -2.19. The molecule has 1 aromatic carbocycles. The van der Waals surface area contributed by atoms with Gasteiger partial charge in [-0.3, -0.25) is 4.55 Å². The zero-order valence-corrected chi connectivity index (χ0v) is 9.17.